The summed E-state index contributed by atoms with van der Waals surface area (Å²) in [5, 5.41) is 0.547. The number of rotatable bonds is 9. The average Bonchev–Trinajstić information content (AvgIpc) is 3.13. The van der Waals surface area contributed by atoms with Crippen LogP contribution in [0.3, 0.4) is 0 Å². The molecule has 3 aromatic rings. The Hall–Kier alpha value is -2.00. The van der Waals surface area contributed by atoms with Gasteiger partial charge in [0.2, 0.25) is 5.91 Å². The maximum Gasteiger partial charge on any atom is 0.244 e. The number of benzene rings is 2. The summed E-state index contributed by atoms with van der Waals surface area (Å²) in [7, 11) is 0.204. The van der Waals surface area contributed by atoms with Crippen molar-refractivity contribution in [1.29, 1.82) is 0 Å². The van der Waals surface area contributed by atoms with Gasteiger partial charge in [0.1, 0.15) is 5.75 Å². The van der Waals surface area contributed by atoms with Crippen molar-refractivity contribution in [3.8, 4) is 0 Å². The van der Waals surface area contributed by atoms with Gasteiger partial charge in [-0.3, -0.25) is 9.69 Å². The van der Waals surface area contributed by atoms with Gasteiger partial charge in [-0.2, -0.15) is 0 Å². The van der Waals surface area contributed by atoms with Gasteiger partial charge in [0.15, 0.2) is 15.0 Å². The first kappa shape index (κ1) is 26.3. The standard InChI is InChI=1S/C23H29N3O3S2.ClH/c1-5-18-9-12-20-21(15-18)30-23(24-20)26(14-6-13-25(3)4)22(27)16-31(28,29)19-10-7-17(2)8-11-19;/h7-12,15H,5-6,13-14,16H2,1-4H3;1H. The van der Waals surface area contributed by atoms with Crippen LogP contribution in [-0.2, 0) is 21.1 Å². The van der Waals surface area contributed by atoms with Crippen molar-refractivity contribution in [2.45, 2.75) is 31.6 Å². The summed E-state index contributed by atoms with van der Waals surface area (Å²) in [5.74, 6) is -1.03. The molecule has 0 N–H and O–H groups in total. The Labute approximate surface area is 200 Å². The topological polar surface area (TPSA) is 70.6 Å². The molecular weight excluding hydrogens is 466 g/mol. The van der Waals surface area contributed by atoms with Crippen molar-refractivity contribution >= 4 is 54.8 Å². The monoisotopic (exact) mass is 495 g/mol. The van der Waals surface area contributed by atoms with E-state index in [1.54, 1.807) is 24.3 Å². The molecule has 0 aliphatic heterocycles. The highest BCUT2D eigenvalue weighted by Crippen LogP contribution is 2.30. The number of nitrogens with zero attached hydrogens (tertiary/aromatic N) is 3. The number of aromatic nitrogens is 1. The molecular formula is C23H30ClN3O3S2. The zero-order valence-corrected chi connectivity index (χ0v) is 21.3. The number of carbonyl (C=O) groups excluding carboxylic acids is 1. The summed E-state index contributed by atoms with van der Waals surface area (Å²) in [6.45, 7) is 5.20. The smallest absolute Gasteiger partial charge is 0.244 e. The number of amides is 1. The summed E-state index contributed by atoms with van der Waals surface area (Å²) in [6.07, 6.45) is 1.64. The van der Waals surface area contributed by atoms with Gasteiger partial charge in [-0.05, 0) is 70.2 Å². The van der Waals surface area contributed by atoms with E-state index in [1.165, 1.54) is 21.8 Å². The molecule has 6 nitrogen and oxygen atoms in total. The zero-order valence-electron chi connectivity index (χ0n) is 18.9. The van der Waals surface area contributed by atoms with Crippen LogP contribution in [0.2, 0.25) is 0 Å². The second-order valence-corrected chi connectivity index (χ2v) is 10.9. The Bertz CT molecular complexity index is 1160. The molecule has 3 rings (SSSR count). The first-order valence-corrected chi connectivity index (χ1v) is 12.8. The summed E-state index contributed by atoms with van der Waals surface area (Å²) in [4.78, 5) is 21.5. The summed E-state index contributed by atoms with van der Waals surface area (Å²) < 4.78 is 26.7. The van der Waals surface area contributed by atoms with Gasteiger partial charge < -0.3 is 4.90 Å². The number of hydrogen-bond acceptors (Lipinski definition) is 6. The van der Waals surface area contributed by atoms with Crippen molar-refractivity contribution in [1.82, 2.24) is 9.88 Å². The molecule has 0 bridgehead atoms. The molecule has 9 heteroatoms. The lowest BCUT2D eigenvalue weighted by atomic mass is 10.2. The van der Waals surface area contributed by atoms with E-state index in [1.807, 2.05) is 38.1 Å². The predicted octanol–water partition coefficient (Wildman–Crippen LogP) is 4.35. The van der Waals surface area contributed by atoms with E-state index in [9.17, 15) is 13.2 Å². The largest absolute Gasteiger partial charge is 0.309 e. The van der Waals surface area contributed by atoms with Gasteiger partial charge in [0, 0.05) is 6.54 Å². The number of aryl methyl sites for hydroxylation is 2. The lowest BCUT2D eigenvalue weighted by molar-refractivity contribution is -0.116. The van der Waals surface area contributed by atoms with Crippen molar-refractivity contribution < 1.29 is 13.2 Å². The fraction of sp³-hybridized carbons (Fsp3) is 0.391. The van der Waals surface area contributed by atoms with Crippen molar-refractivity contribution in [2.24, 2.45) is 0 Å². The first-order chi connectivity index (χ1) is 14.7. The molecule has 2 aromatic carbocycles. The van der Waals surface area contributed by atoms with Gasteiger partial charge in [0.25, 0.3) is 0 Å². The van der Waals surface area contributed by atoms with Gasteiger partial charge >= 0.3 is 0 Å². The minimum atomic E-state index is -3.74. The molecule has 1 aromatic heterocycles. The third kappa shape index (κ3) is 6.51. The second-order valence-electron chi connectivity index (χ2n) is 7.93. The molecule has 174 valence electrons. The Morgan fingerprint density at radius 2 is 1.75 bits per heavy atom. The quantitative estimate of drug-likeness (QED) is 0.441. The normalized spacial score (nSPS) is 11.5. The number of carbonyl (C=O) groups is 1. The second kappa shape index (κ2) is 11.2. The molecule has 0 saturated heterocycles. The van der Waals surface area contributed by atoms with Crippen molar-refractivity contribution in [3.63, 3.8) is 0 Å². The number of hydrogen-bond donors (Lipinski definition) is 0. The third-order valence-corrected chi connectivity index (χ3v) is 7.72. The van der Waals surface area contributed by atoms with E-state index in [0.717, 1.165) is 35.2 Å². The maximum absolute atomic E-state index is 13.2. The van der Waals surface area contributed by atoms with E-state index in [2.05, 4.69) is 18.0 Å². The van der Waals surface area contributed by atoms with Gasteiger partial charge in [0.05, 0.1) is 15.1 Å². The number of fused-ring (bicyclic) bond motifs is 1. The van der Waals surface area contributed by atoms with Crippen molar-refractivity contribution in [3.05, 3.63) is 53.6 Å². The lowest BCUT2D eigenvalue weighted by Crippen LogP contribution is -2.37. The zero-order chi connectivity index (χ0) is 22.6. The van der Waals surface area contributed by atoms with Crippen LogP contribution in [0, 0.1) is 6.92 Å². The van der Waals surface area contributed by atoms with Crippen LogP contribution in [0.1, 0.15) is 24.5 Å². The number of sulfone groups is 1. The van der Waals surface area contributed by atoms with Gasteiger partial charge in [-0.1, -0.05) is 42.0 Å². The lowest BCUT2D eigenvalue weighted by Gasteiger charge is -2.21. The van der Waals surface area contributed by atoms with Crippen LogP contribution in [0.5, 0.6) is 0 Å². The molecule has 0 aliphatic rings. The Balaban J connectivity index is 0.00000363. The van der Waals surface area contributed by atoms with Crippen molar-refractivity contribution in [2.75, 3.05) is 37.8 Å². The molecule has 0 spiro atoms. The SMILES string of the molecule is CCc1ccc2nc(N(CCCN(C)C)C(=O)CS(=O)(=O)c3ccc(C)cc3)sc2c1.Cl. The maximum atomic E-state index is 13.2. The number of halogens is 1. The fourth-order valence-corrected chi connectivity index (χ4v) is 5.50. The third-order valence-electron chi connectivity index (χ3n) is 5.06. The summed E-state index contributed by atoms with van der Waals surface area (Å²) >= 11 is 1.43. The van der Waals surface area contributed by atoms with Crippen LogP contribution in [0.25, 0.3) is 10.2 Å². The first-order valence-electron chi connectivity index (χ1n) is 10.3. The van der Waals surface area contributed by atoms with E-state index in [-0.39, 0.29) is 17.3 Å². The minimum absolute atomic E-state index is 0. The Morgan fingerprint density at radius 1 is 1.06 bits per heavy atom. The van der Waals surface area contributed by atoms with Gasteiger partial charge in [-0.15, -0.1) is 12.4 Å². The van der Waals surface area contributed by atoms with Crippen LogP contribution in [-0.4, -0.2) is 57.1 Å². The minimum Gasteiger partial charge on any atom is -0.309 e. The molecule has 32 heavy (non-hydrogen) atoms. The molecule has 0 radical (unpaired) electrons. The van der Waals surface area contributed by atoms with E-state index in [0.29, 0.717) is 11.7 Å². The van der Waals surface area contributed by atoms with Gasteiger partial charge in [-0.25, -0.2) is 13.4 Å². The highest BCUT2D eigenvalue weighted by Gasteiger charge is 2.26. The molecule has 1 amide bonds. The van der Waals surface area contributed by atoms with Crippen LogP contribution in [0.4, 0.5) is 5.13 Å². The van der Waals surface area contributed by atoms with Crippen LogP contribution >= 0.6 is 23.7 Å². The Morgan fingerprint density at radius 3 is 2.38 bits per heavy atom. The molecule has 0 atom stereocenters. The molecule has 0 aliphatic carbocycles. The highest BCUT2D eigenvalue weighted by atomic mass is 35.5. The predicted molar refractivity (Wildman–Crippen MR) is 135 cm³/mol. The molecule has 1 heterocycles. The van der Waals surface area contributed by atoms with Crippen LogP contribution in [0.15, 0.2) is 47.4 Å². The highest BCUT2D eigenvalue weighted by molar-refractivity contribution is 7.92. The number of anilines is 1. The summed E-state index contributed by atoms with van der Waals surface area (Å²) in [6, 6.07) is 12.7. The average molecular weight is 496 g/mol. The molecule has 0 unspecified atom stereocenters. The van der Waals surface area contributed by atoms with Crippen LogP contribution < -0.4 is 4.90 Å². The van der Waals surface area contributed by atoms with E-state index in [4.69, 9.17) is 0 Å². The molecule has 0 fully saturated rings. The van der Waals surface area contributed by atoms with E-state index >= 15 is 0 Å². The Kier molecular flexibility index (Phi) is 9.21. The summed E-state index contributed by atoms with van der Waals surface area (Å²) in [5.41, 5.74) is 3.00. The molecule has 0 saturated carbocycles. The number of thiazole rings is 1. The fourth-order valence-electron chi connectivity index (χ4n) is 3.23. The van der Waals surface area contributed by atoms with E-state index < -0.39 is 21.5 Å².